The number of benzene rings is 3. The van der Waals surface area contributed by atoms with Crippen molar-refractivity contribution in [3.05, 3.63) is 105 Å². The third kappa shape index (κ3) is 12.6. The second-order valence-corrected chi connectivity index (χ2v) is 9.40. The van der Waals surface area contributed by atoms with Gasteiger partial charge in [-0.05, 0) is 102 Å². The summed E-state index contributed by atoms with van der Waals surface area (Å²) in [5.41, 5.74) is 4.56. The summed E-state index contributed by atoms with van der Waals surface area (Å²) >= 11 is 2.29. The molecule has 5 heteroatoms. The summed E-state index contributed by atoms with van der Waals surface area (Å²) < 4.78 is 10.5. The highest BCUT2D eigenvalue weighted by atomic mass is 127. The summed E-state index contributed by atoms with van der Waals surface area (Å²) in [7, 11) is 2.85. The summed E-state index contributed by atoms with van der Waals surface area (Å²) in [4.78, 5) is 21.9. The maximum absolute atomic E-state index is 11.0. The van der Waals surface area contributed by atoms with Gasteiger partial charge in [0, 0.05) is 27.5 Å². The fourth-order valence-corrected chi connectivity index (χ4v) is 3.67. The first-order chi connectivity index (χ1) is 17.5. The summed E-state index contributed by atoms with van der Waals surface area (Å²) in [6.07, 6.45) is 5.65. The molecule has 36 heavy (non-hydrogen) atoms. The van der Waals surface area contributed by atoms with Gasteiger partial charge < -0.3 is 9.47 Å². The summed E-state index contributed by atoms with van der Waals surface area (Å²) in [5.74, 6) is 6.02. The van der Waals surface area contributed by atoms with Crippen LogP contribution in [0, 0.1) is 15.4 Å². The van der Waals surface area contributed by atoms with Gasteiger partial charge in [0.25, 0.3) is 0 Å². The number of carbonyl (C=O) groups is 2. The van der Waals surface area contributed by atoms with E-state index in [0.29, 0.717) is 12.8 Å². The van der Waals surface area contributed by atoms with Gasteiger partial charge in [0.2, 0.25) is 0 Å². The molecule has 0 aliphatic carbocycles. The molecule has 3 aromatic rings. The molecule has 0 fully saturated rings. The van der Waals surface area contributed by atoms with Crippen LogP contribution in [-0.4, -0.2) is 26.2 Å². The number of halogens is 1. The Morgan fingerprint density at radius 1 is 0.639 bits per heavy atom. The number of unbranched alkanes of at least 4 members (excludes halogenated alkanes) is 1. The zero-order chi connectivity index (χ0) is 26.0. The van der Waals surface area contributed by atoms with Crippen LogP contribution in [0.1, 0.15) is 54.4 Å². The van der Waals surface area contributed by atoms with Crippen LogP contribution in [0.25, 0.3) is 0 Å². The van der Waals surface area contributed by atoms with Crippen LogP contribution < -0.4 is 0 Å². The Kier molecular flexibility index (Phi) is 14.0. The highest BCUT2D eigenvalue weighted by molar-refractivity contribution is 14.1. The molecule has 0 bridgehead atoms. The van der Waals surface area contributed by atoms with Crippen LogP contribution in [0.2, 0.25) is 0 Å². The number of hydrogen-bond acceptors (Lipinski definition) is 4. The van der Waals surface area contributed by atoms with Crippen molar-refractivity contribution in [2.24, 2.45) is 0 Å². The van der Waals surface area contributed by atoms with Crippen LogP contribution >= 0.6 is 22.6 Å². The smallest absolute Gasteiger partial charge is 0.305 e. The molecule has 0 unspecified atom stereocenters. The molecule has 0 aliphatic rings. The van der Waals surface area contributed by atoms with Gasteiger partial charge in [0.15, 0.2) is 0 Å². The highest BCUT2D eigenvalue weighted by Gasteiger charge is 2.01. The Morgan fingerprint density at radius 2 is 1.11 bits per heavy atom. The number of hydrogen-bond donors (Lipinski definition) is 0. The van der Waals surface area contributed by atoms with Gasteiger partial charge in [-0.25, -0.2) is 0 Å². The van der Waals surface area contributed by atoms with Crippen molar-refractivity contribution in [1.82, 2.24) is 0 Å². The van der Waals surface area contributed by atoms with Crippen LogP contribution in [0.3, 0.4) is 0 Å². The van der Waals surface area contributed by atoms with E-state index in [1.54, 1.807) is 0 Å². The van der Waals surface area contributed by atoms with E-state index in [-0.39, 0.29) is 11.9 Å². The maximum atomic E-state index is 11.0. The fraction of sp³-hybridized carbons (Fsp3) is 0.290. The predicted octanol–water partition coefficient (Wildman–Crippen LogP) is 6.76. The standard InChI is InChI=1S/C19H18O2.C12H15IO2/c1-21-19(20)9-5-8-17-11-14-18(15-12-17)13-10-16-6-3-2-4-7-16;1-15-12(14)5-3-2-4-10-6-8-11(13)9-7-10/h2-4,6-7,11-12,14-15H,5,8-9H2,1H3;6-9H,2-5H2,1H3. The molecule has 3 aromatic carbocycles. The second kappa shape index (κ2) is 17.3. The topological polar surface area (TPSA) is 52.6 Å². The Bertz CT molecular complexity index is 1110. The first kappa shape index (κ1) is 29.1. The average Bonchev–Trinajstić information content (AvgIpc) is 2.92. The van der Waals surface area contributed by atoms with E-state index in [1.807, 2.05) is 42.5 Å². The monoisotopic (exact) mass is 596 g/mol. The van der Waals surface area contributed by atoms with Crippen molar-refractivity contribution in [2.45, 2.75) is 44.9 Å². The molecule has 0 heterocycles. The predicted molar refractivity (Wildman–Crippen MR) is 153 cm³/mol. The third-order valence-electron chi connectivity index (χ3n) is 5.39. The van der Waals surface area contributed by atoms with Crippen molar-refractivity contribution in [3.63, 3.8) is 0 Å². The van der Waals surface area contributed by atoms with Gasteiger partial charge in [-0.3, -0.25) is 9.59 Å². The largest absolute Gasteiger partial charge is 0.469 e. The SMILES string of the molecule is COC(=O)CCCCc1ccc(I)cc1.COC(=O)CCCc1ccc(C#Cc2ccccc2)cc1. The van der Waals surface area contributed by atoms with E-state index in [9.17, 15) is 9.59 Å². The minimum atomic E-state index is -0.152. The highest BCUT2D eigenvalue weighted by Crippen LogP contribution is 2.11. The number of carbonyl (C=O) groups excluding carboxylic acids is 2. The van der Waals surface area contributed by atoms with E-state index >= 15 is 0 Å². The van der Waals surface area contributed by atoms with Gasteiger partial charge in [-0.1, -0.05) is 54.3 Å². The number of aryl methyl sites for hydroxylation is 2. The van der Waals surface area contributed by atoms with Crippen LogP contribution in [0.4, 0.5) is 0 Å². The van der Waals surface area contributed by atoms with E-state index in [1.165, 1.54) is 28.9 Å². The molecule has 0 radical (unpaired) electrons. The minimum absolute atomic E-state index is 0.113. The van der Waals surface area contributed by atoms with E-state index in [0.717, 1.165) is 43.2 Å². The Labute approximate surface area is 228 Å². The Hall–Kier alpha value is -3.11. The molecule has 0 aromatic heterocycles. The van der Waals surface area contributed by atoms with Crippen molar-refractivity contribution >= 4 is 34.5 Å². The number of rotatable bonds is 9. The molecule has 0 saturated heterocycles. The lowest BCUT2D eigenvalue weighted by Crippen LogP contribution is -2.00. The molecular formula is C31H33IO4. The molecule has 4 nitrogen and oxygen atoms in total. The van der Waals surface area contributed by atoms with Crippen LogP contribution in [0.5, 0.6) is 0 Å². The molecule has 0 N–H and O–H groups in total. The van der Waals surface area contributed by atoms with Crippen LogP contribution in [-0.2, 0) is 31.9 Å². The fourth-order valence-electron chi connectivity index (χ4n) is 3.31. The average molecular weight is 597 g/mol. The summed E-state index contributed by atoms with van der Waals surface area (Å²) in [6.45, 7) is 0. The van der Waals surface area contributed by atoms with E-state index in [2.05, 4.69) is 80.3 Å². The molecule has 0 atom stereocenters. The van der Waals surface area contributed by atoms with Crippen molar-refractivity contribution in [3.8, 4) is 11.8 Å². The van der Waals surface area contributed by atoms with Gasteiger partial charge in [-0.2, -0.15) is 0 Å². The zero-order valence-electron chi connectivity index (χ0n) is 21.0. The van der Waals surface area contributed by atoms with Gasteiger partial charge in [-0.15, -0.1) is 0 Å². The molecule has 0 aliphatic heterocycles. The minimum Gasteiger partial charge on any atom is -0.469 e. The first-order valence-corrected chi connectivity index (χ1v) is 13.1. The first-order valence-electron chi connectivity index (χ1n) is 12.0. The van der Waals surface area contributed by atoms with Gasteiger partial charge >= 0.3 is 11.9 Å². The molecule has 188 valence electrons. The summed E-state index contributed by atoms with van der Waals surface area (Å²) in [6, 6.07) is 26.6. The van der Waals surface area contributed by atoms with Crippen molar-refractivity contribution in [1.29, 1.82) is 0 Å². The van der Waals surface area contributed by atoms with Crippen molar-refractivity contribution in [2.75, 3.05) is 14.2 Å². The third-order valence-corrected chi connectivity index (χ3v) is 6.11. The summed E-state index contributed by atoms with van der Waals surface area (Å²) in [5, 5.41) is 0. The number of ether oxygens (including phenoxy) is 2. The Balaban J connectivity index is 0.000000269. The lowest BCUT2D eigenvalue weighted by Gasteiger charge is -2.01. The molecular weight excluding hydrogens is 563 g/mol. The van der Waals surface area contributed by atoms with Crippen molar-refractivity contribution < 1.29 is 19.1 Å². The second-order valence-electron chi connectivity index (χ2n) is 8.15. The number of esters is 2. The van der Waals surface area contributed by atoms with Gasteiger partial charge in [0.1, 0.15) is 0 Å². The van der Waals surface area contributed by atoms with E-state index < -0.39 is 0 Å². The van der Waals surface area contributed by atoms with Crippen LogP contribution in [0.15, 0.2) is 78.9 Å². The normalized spacial score (nSPS) is 9.75. The molecule has 0 spiro atoms. The zero-order valence-corrected chi connectivity index (χ0v) is 23.1. The molecule has 3 rings (SSSR count). The number of methoxy groups -OCH3 is 2. The van der Waals surface area contributed by atoms with Gasteiger partial charge in [0.05, 0.1) is 14.2 Å². The molecule has 0 saturated carbocycles. The lowest BCUT2D eigenvalue weighted by atomic mass is 10.1. The molecule has 0 amide bonds. The lowest BCUT2D eigenvalue weighted by molar-refractivity contribution is -0.141. The Morgan fingerprint density at radius 3 is 1.67 bits per heavy atom. The van der Waals surface area contributed by atoms with E-state index in [4.69, 9.17) is 0 Å². The quantitative estimate of drug-likeness (QED) is 0.119. The maximum Gasteiger partial charge on any atom is 0.305 e.